The van der Waals surface area contributed by atoms with Gasteiger partial charge in [-0.1, -0.05) is 19.1 Å². The fourth-order valence-electron chi connectivity index (χ4n) is 4.07. The number of para-hydroxylation sites is 1. The molecule has 2 heterocycles. The SMILES string of the molecule is CCCn1c2c(c3cccc(C(=O)O)c31)CC1(CC2)OCCO1. The summed E-state index contributed by atoms with van der Waals surface area (Å²) >= 11 is 0. The van der Waals surface area contributed by atoms with E-state index in [1.807, 2.05) is 12.1 Å². The number of aromatic nitrogens is 1. The maximum absolute atomic E-state index is 11.7. The number of nitrogens with zero attached hydrogens (tertiary/aromatic N) is 1. The lowest BCUT2D eigenvalue weighted by molar-refractivity contribution is -0.163. The molecule has 23 heavy (non-hydrogen) atoms. The summed E-state index contributed by atoms with van der Waals surface area (Å²) in [5.74, 6) is -1.37. The van der Waals surface area contributed by atoms with Gasteiger partial charge in [0.1, 0.15) is 0 Å². The number of aromatic carboxylic acids is 1. The zero-order valence-corrected chi connectivity index (χ0v) is 13.3. The molecule has 1 aromatic heterocycles. The Labute approximate surface area is 134 Å². The van der Waals surface area contributed by atoms with E-state index in [-0.39, 0.29) is 0 Å². The van der Waals surface area contributed by atoms with Gasteiger partial charge in [-0.25, -0.2) is 4.79 Å². The molecular formula is C18H21NO4. The molecule has 5 heteroatoms. The van der Waals surface area contributed by atoms with Crippen LogP contribution in [-0.2, 0) is 28.9 Å². The second-order valence-corrected chi connectivity index (χ2v) is 6.37. The van der Waals surface area contributed by atoms with Crippen molar-refractivity contribution in [3.8, 4) is 0 Å². The van der Waals surface area contributed by atoms with Gasteiger partial charge in [-0.2, -0.15) is 0 Å². The van der Waals surface area contributed by atoms with Crippen LogP contribution in [0.4, 0.5) is 0 Å². The number of carbonyl (C=O) groups is 1. The second-order valence-electron chi connectivity index (χ2n) is 6.37. The van der Waals surface area contributed by atoms with Crippen molar-refractivity contribution in [3.05, 3.63) is 35.0 Å². The molecule has 0 bridgehead atoms. The van der Waals surface area contributed by atoms with Gasteiger partial charge in [0, 0.05) is 30.5 Å². The summed E-state index contributed by atoms with van der Waals surface area (Å²) in [6.07, 6.45) is 3.38. The highest BCUT2D eigenvalue weighted by Crippen LogP contribution is 2.41. The van der Waals surface area contributed by atoms with Crippen molar-refractivity contribution in [1.82, 2.24) is 4.57 Å². The van der Waals surface area contributed by atoms with Crippen molar-refractivity contribution in [2.45, 2.75) is 44.9 Å². The lowest BCUT2D eigenvalue weighted by Crippen LogP contribution is -2.37. The molecule has 1 aromatic carbocycles. The van der Waals surface area contributed by atoms with Crippen molar-refractivity contribution >= 4 is 16.9 Å². The van der Waals surface area contributed by atoms with E-state index in [0.717, 1.165) is 36.7 Å². The Kier molecular flexibility index (Phi) is 3.43. The van der Waals surface area contributed by atoms with Crippen molar-refractivity contribution in [1.29, 1.82) is 0 Å². The molecule has 122 valence electrons. The Morgan fingerprint density at radius 1 is 1.35 bits per heavy atom. The number of carboxylic acids is 1. The highest BCUT2D eigenvalue weighted by Gasteiger charge is 2.42. The number of aryl methyl sites for hydroxylation is 1. The molecule has 0 amide bonds. The van der Waals surface area contributed by atoms with Crippen LogP contribution in [0.5, 0.6) is 0 Å². The molecule has 2 aliphatic rings. The first kappa shape index (κ1) is 14.7. The van der Waals surface area contributed by atoms with E-state index in [2.05, 4.69) is 11.5 Å². The van der Waals surface area contributed by atoms with Gasteiger partial charge in [0.15, 0.2) is 5.79 Å². The Bertz CT molecular complexity index is 771. The van der Waals surface area contributed by atoms with Gasteiger partial charge >= 0.3 is 5.97 Å². The average Bonchev–Trinajstić information content (AvgIpc) is 3.12. The Balaban J connectivity index is 1.94. The summed E-state index contributed by atoms with van der Waals surface area (Å²) < 4.78 is 14.0. The molecule has 1 N–H and O–H groups in total. The first-order valence-electron chi connectivity index (χ1n) is 8.29. The van der Waals surface area contributed by atoms with E-state index in [0.29, 0.717) is 25.2 Å². The molecule has 2 aromatic rings. The van der Waals surface area contributed by atoms with E-state index in [9.17, 15) is 9.90 Å². The third kappa shape index (κ3) is 2.18. The first-order valence-corrected chi connectivity index (χ1v) is 8.29. The van der Waals surface area contributed by atoms with Crippen molar-refractivity contribution in [2.75, 3.05) is 13.2 Å². The smallest absolute Gasteiger partial charge is 0.337 e. The zero-order valence-electron chi connectivity index (χ0n) is 13.3. The summed E-state index contributed by atoms with van der Waals surface area (Å²) in [4.78, 5) is 11.7. The van der Waals surface area contributed by atoms with Crippen LogP contribution in [0.2, 0.25) is 0 Å². The molecule has 0 unspecified atom stereocenters. The molecule has 1 saturated heterocycles. The number of hydrogen-bond donors (Lipinski definition) is 1. The predicted octanol–water partition coefficient (Wildman–Crippen LogP) is 2.98. The van der Waals surface area contributed by atoms with E-state index in [1.54, 1.807) is 6.07 Å². The van der Waals surface area contributed by atoms with Crippen molar-refractivity contribution in [2.24, 2.45) is 0 Å². The molecule has 4 rings (SSSR count). The number of hydrogen-bond acceptors (Lipinski definition) is 3. The van der Waals surface area contributed by atoms with Gasteiger partial charge in [0.2, 0.25) is 0 Å². The van der Waals surface area contributed by atoms with E-state index in [4.69, 9.17) is 9.47 Å². The van der Waals surface area contributed by atoms with Gasteiger partial charge in [0.05, 0.1) is 24.3 Å². The maximum atomic E-state index is 11.7. The van der Waals surface area contributed by atoms with Crippen LogP contribution < -0.4 is 0 Å². The highest BCUT2D eigenvalue weighted by molar-refractivity contribution is 6.04. The number of fused-ring (bicyclic) bond motifs is 3. The van der Waals surface area contributed by atoms with Crippen LogP contribution in [0.15, 0.2) is 18.2 Å². The zero-order chi connectivity index (χ0) is 16.0. The van der Waals surface area contributed by atoms with Crippen molar-refractivity contribution < 1.29 is 19.4 Å². The number of carboxylic acid groups (broad SMARTS) is 1. The largest absolute Gasteiger partial charge is 0.478 e. The highest BCUT2D eigenvalue weighted by atomic mass is 16.7. The molecule has 1 aliphatic carbocycles. The normalized spacial score (nSPS) is 19.3. The lowest BCUT2D eigenvalue weighted by Gasteiger charge is -2.32. The van der Waals surface area contributed by atoms with Gasteiger partial charge < -0.3 is 19.1 Å². The molecule has 0 radical (unpaired) electrons. The summed E-state index contributed by atoms with van der Waals surface area (Å²) in [7, 11) is 0. The van der Waals surface area contributed by atoms with Crippen LogP contribution in [0.1, 0.15) is 41.4 Å². The van der Waals surface area contributed by atoms with E-state index in [1.165, 1.54) is 11.3 Å². The topological polar surface area (TPSA) is 60.7 Å². The third-order valence-corrected chi connectivity index (χ3v) is 4.99. The minimum absolute atomic E-state index is 0.382. The van der Waals surface area contributed by atoms with Crippen molar-refractivity contribution in [3.63, 3.8) is 0 Å². The van der Waals surface area contributed by atoms with E-state index >= 15 is 0 Å². The first-order chi connectivity index (χ1) is 11.2. The second kappa shape index (κ2) is 5.35. The Morgan fingerprint density at radius 2 is 2.13 bits per heavy atom. The standard InChI is InChI=1S/C18H21NO4/c1-2-8-19-15-6-7-18(22-9-10-23-18)11-14(15)12-4-3-5-13(16(12)19)17(20)21/h3-5H,2,6-11H2,1H3,(H,20,21). The van der Waals surface area contributed by atoms with Crippen LogP contribution in [0.25, 0.3) is 10.9 Å². The number of benzene rings is 1. The minimum atomic E-state index is -0.870. The molecule has 5 nitrogen and oxygen atoms in total. The molecule has 1 aliphatic heterocycles. The van der Waals surface area contributed by atoms with Gasteiger partial charge in [-0.3, -0.25) is 0 Å². The minimum Gasteiger partial charge on any atom is -0.478 e. The third-order valence-electron chi connectivity index (χ3n) is 4.99. The Morgan fingerprint density at radius 3 is 2.83 bits per heavy atom. The molecule has 0 atom stereocenters. The van der Waals surface area contributed by atoms with Crippen LogP contribution in [-0.4, -0.2) is 34.6 Å². The fraction of sp³-hybridized carbons (Fsp3) is 0.500. The van der Waals surface area contributed by atoms with Gasteiger partial charge in [-0.05, 0) is 24.5 Å². The summed E-state index contributed by atoms with van der Waals surface area (Å²) in [5.41, 5.74) is 3.68. The molecular weight excluding hydrogens is 294 g/mol. The maximum Gasteiger partial charge on any atom is 0.337 e. The molecule has 1 spiro atoms. The monoisotopic (exact) mass is 315 g/mol. The fourth-order valence-corrected chi connectivity index (χ4v) is 4.07. The molecule has 0 saturated carbocycles. The predicted molar refractivity (Wildman–Crippen MR) is 85.8 cm³/mol. The number of ether oxygens (including phenoxy) is 2. The Hall–Kier alpha value is -1.85. The van der Waals surface area contributed by atoms with Crippen LogP contribution in [0, 0.1) is 0 Å². The average molecular weight is 315 g/mol. The van der Waals surface area contributed by atoms with Crippen LogP contribution in [0.3, 0.4) is 0 Å². The summed E-state index contributed by atoms with van der Waals surface area (Å²) in [6, 6.07) is 5.56. The van der Waals surface area contributed by atoms with Gasteiger partial charge in [-0.15, -0.1) is 0 Å². The lowest BCUT2D eigenvalue weighted by atomic mass is 9.90. The quantitative estimate of drug-likeness (QED) is 0.946. The number of rotatable bonds is 3. The van der Waals surface area contributed by atoms with E-state index < -0.39 is 11.8 Å². The molecule has 1 fully saturated rings. The summed E-state index contributed by atoms with van der Waals surface area (Å²) in [5, 5.41) is 10.6. The van der Waals surface area contributed by atoms with Gasteiger partial charge in [0.25, 0.3) is 0 Å². The summed E-state index contributed by atoms with van der Waals surface area (Å²) in [6.45, 7) is 4.24. The van der Waals surface area contributed by atoms with Crippen LogP contribution >= 0.6 is 0 Å².